The van der Waals surface area contributed by atoms with E-state index in [0.717, 1.165) is 5.52 Å². The molecular weight excluding hydrogens is 248 g/mol. The Bertz CT molecular complexity index is 581. The van der Waals surface area contributed by atoms with Crippen LogP contribution >= 0.6 is 0 Å². The number of aliphatic carboxylic acids is 1. The molecule has 19 heavy (non-hydrogen) atoms. The molecule has 1 N–H and O–H groups in total. The zero-order valence-electron chi connectivity index (χ0n) is 10.9. The number of imidazole rings is 1. The highest BCUT2D eigenvalue weighted by Crippen LogP contribution is 2.22. The quantitative estimate of drug-likeness (QED) is 0.818. The van der Waals surface area contributed by atoms with Crippen molar-refractivity contribution < 1.29 is 14.6 Å². The number of hydrogen-bond donors (Lipinski definition) is 1. The fourth-order valence-electron chi connectivity index (χ4n) is 1.90. The minimum Gasteiger partial charge on any atom is -0.480 e. The monoisotopic (exact) mass is 264 g/mol. The van der Waals surface area contributed by atoms with Gasteiger partial charge in [0, 0.05) is 26.9 Å². The predicted molar refractivity (Wildman–Crippen MR) is 70.2 cm³/mol. The van der Waals surface area contributed by atoms with Gasteiger partial charge in [0.2, 0.25) is 0 Å². The zero-order valence-corrected chi connectivity index (χ0v) is 10.9. The molecule has 0 saturated carbocycles. The Morgan fingerprint density at radius 2 is 2.32 bits per heavy atom. The average molecular weight is 264 g/mol. The first-order chi connectivity index (χ1) is 9.13. The smallest absolute Gasteiger partial charge is 0.323 e. The Labute approximate surface area is 110 Å². The summed E-state index contributed by atoms with van der Waals surface area (Å²) >= 11 is 0. The number of rotatable bonds is 6. The third-order valence-electron chi connectivity index (χ3n) is 2.81. The van der Waals surface area contributed by atoms with Crippen molar-refractivity contribution in [3.05, 3.63) is 18.6 Å². The molecule has 0 unspecified atom stereocenters. The number of aryl methyl sites for hydroxylation is 1. The summed E-state index contributed by atoms with van der Waals surface area (Å²) in [6.07, 6.45) is 3.34. The number of hydrogen-bond acceptors (Lipinski definition) is 5. The SMILES string of the molecule is COCCN(CC(=O)O)c1nccc2c1ncn2C. The van der Waals surface area contributed by atoms with E-state index in [1.807, 2.05) is 17.7 Å². The summed E-state index contributed by atoms with van der Waals surface area (Å²) in [5.74, 6) is -0.344. The molecule has 2 aromatic rings. The molecule has 2 heterocycles. The molecule has 7 heteroatoms. The minimum absolute atomic E-state index is 0.133. The molecule has 102 valence electrons. The lowest BCUT2D eigenvalue weighted by molar-refractivity contribution is -0.135. The highest BCUT2D eigenvalue weighted by molar-refractivity contribution is 5.88. The van der Waals surface area contributed by atoms with Crippen molar-refractivity contribution >= 4 is 22.8 Å². The lowest BCUT2D eigenvalue weighted by Gasteiger charge is -2.21. The standard InChI is InChI=1S/C12H16N4O3/c1-15-8-14-11-9(15)3-4-13-12(11)16(5-6-19-2)7-10(17)18/h3-4,8H,5-7H2,1-2H3,(H,17,18). The van der Waals surface area contributed by atoms with Crippen molar-refractivity contribution in [3.63, 3.8) is 0 Å². The van der Waals surface area contributed by atoms with Gasteiger partial charge in [-0.05, 0) is 6.07 Å². The molecule has 0 aliphatic rings. The van der Waals surface area contributed by atoms with Crippen molar-refractivity contribution in [2.24, 2.45) is 7.05 Å². The second kappa shape index (κ2) is 5.66. The van der Waals surface area contributed by atoms with E-state index in [-0.39, 0.29) is 6.54 Å². The molecule has 7 nitrogen and oxygen atoms in total. The van der Waals surface area contributed by atoms with Crippen LogP contribution in [0, 0.1) is 0 Å². The van der Waals surface area contributed by atoms with Crippen LogP contribution < -0.4 is 4.90 Å². The van der Waals surface area contributed by atoms with Gasteiger partial charge < -0.3 is 19.3 Å². The molecule has 2 rings (SSSR count). The van der Waals surface area contributed by atoms with Crippen LogP contribution in [0.15, 0.2) is 18.6 Å². The molecule has 0 aliphatic heterocycles. The Morgan fingerprint density at radius 1 is 1.53 bits per heavy atom. The summed E-state index contributed by atoms with van der Waals surface area (Å²) < 4.78 is 6.88. The number of pyridine rings is 1. The van der Waals surface area contributed by atoms with Crippen LogP contribution in [-0.4, -0.2) is 52.4 Å². The van der Waals surface area contributed by atoms with E-state index in [4.69, 9.17) is 9.84 Å². The van der Waals surface area contributed by atoms with Gasteiger partial charge >= 0.3 is 5.97 Å². The van der Waals surface area contributed by atoms with Crippen molar-refractivity contribution in [1.82, 2.24) is 14.5 Å². The van der Waals surface area contributed by atoms with Gasteiger partial charge in [0.15, 0.2) is 5.82 Å². The Kier molecular flexibility index (Phi) is 3.96. The second-order valence-electron chi connectivity index (χ2n) is 4.17. The number of aromatic nitrogens is 3. The maximum Gasteiger partial charge on any atom is 0.323 e. The highest BCUT2D eigenvalue weighted by Gasteiger charge is 2.16. The van der Waals surface area contributed by atoms with Gasteiger partial charge in [-0.15, -0.1) is 0 Å². The van der Waals surface area contributed by atoms with Gasteiger partial charge in [-0.1, -0.05) is 0 Å². The molecule has 0 aliphatic carbocycles. The van der Waals surface area contributed by atoms with Gasteiger partial charge in [0.25, 0.3) is 0 Å². The number of fused-ring (bicyclic) bond motifs is 1. The molecule has 2 aromatic heterocycles. The van der Waals surface area contributed by atoms with E-state index in [2.05, 4.69) is 9.97 Å². The number of anilines is 1. The summed E-state index contributed by atoms with van der Waals surface area (Å²) in [7, 11) is 3.46. The maximum absolute atomic E-state index is 11.0. The fraction of sp³-hybridized carbons (Fsp3) is 0.417. The first-order valence-electron chi connectivity index (χ1n) is 5.85. The first kappa shape index (κ1) is 13.3. The van der Waals surface area contributed by atoms with Crippen LogP contribution in [0.2, 0.25) is 0 Å². The zero-order chi connectivity index (χ0) is 13.8. The number of carboxylic acids is 1. The minimum atomic E-state index is -0.911. The van der Waals surface area contributed by atoms with Crippen molar-refractivity contribution in [1.29, 1.82) is 0 Å². The molecule has 0 radical (unpaired) electrons. The fourth-order valence-corrected chi connectivity index (χ4v) is 1.90. The van der Waals surface area contributed by atoms with E-state index in [1.54, 1.807) is 24.5 Å². The van der Waals surface area contributed by atoms with Crippen molar-refractivity contribution in [2.75, 3.05) is 31.7 Å². The largest absolute Gasteiger partial charge is 0.480 e. The molecule has 0 atom stereocenters. The van der Waals surface area contributed by atoms with Crippen LogP contribution in [0.5, 0.6) is 0 Å². The van der Waals surface area contributed by atoms with Crippen LogP contribution in [0.4, 0.5) is 5.82 Å². The van der Waals surface area contributed by atoms with Gasteiger partial charge in [-0.2, -0.15) is 0 Å². The van der Waals surface area contributed by atoms with E-state index in [0.29, 0.717) is 24.5 Å². The Hall–Kier alpha value is -2.15. The molecule has 0 fully saturated rings. The molecule has 0 aromatic carbocycles. The molecular formula is C12H16N4O3. The number of ether oxygens (including phenoxy) is 1. The maximum atomic E-state index is 11.0. The highest BCUT2D eigenvalue weighted by atomic mass is 16.5. The molecule has 0 spiro atoms. The van der Waals surface area contributed by atoms with Gasteiger partial charge in [0.1, 0.15) is 12.1 Å². The summed E-state index contributed by atoms with van der Waals surface area (Å²) in [5.41, 5.74) is 1.61. The van der Waals surface area contributed by atoms with Gasteiger partial charge in [0.05, 0.1) is 18.5 Å². The lowest BCUT2D eigenvalue weighted by atomic mass is 10.3. The summed E-state index contributed by atoms with van der Waals surface area (Å²) in [4.78, 5) is 21.1. The van der Waals surface area contributed by atoms with Crippen molar-refractivity contribution in [2.45, 2.75) is 0 Å². The molecule has 0 amide bonds. The van der Waals surface area contributed by atoms with Gasteiger partial charge in [-0.3, -0.25) is 4.79 Å². The van der Waals surface area contributed by atoms with Crippen molar-refractivity contribution in [3.8, 4) is 0 Å². The predicted octanol–water partition coefficient (Wildman–Crippen LogP) is 0.506. The Morgan fingerprint density at radius 3 is 3.00 bits per heavy atom. The molecule has 0 saturated heterocycles. The first-order valence-corrected chi connectivity index (χ1v) is 5.85. The summed E-state index contributed by atoms with van der Waals surface area (Å²) in [6, 6.07) is 1.85. The van der Waals surface area contributed by atoms with Crippen LogP contribution in [0.3, 0.4) is 0 Å². The van der Waals surface area contributed by atoms with E-state index >= 15 is 0 Å². The third-order valence-corrected chi connectivity index (χ3v) is 2.81. The number of methoxy groups -OCH3 is 1. The Balaban J connectivity index is 2.39. The summed E-state index contributed by atoms with van der Waals surface area (Å²) in [6.45, 7) is 0.746. The van der Waals surface area contributed by atoms with Crippen LogP contribution in [0.25, 0.3) is 11.0 Å². The second-order valence-corrected chi connectivity index (χ2v) is 4.17. The lowest BCUT2D eigenvalue weighted by Crippen LogP contribution is -2.33. The number of carboxylic acid groups (broad SMARTS) is 1. The van der Waals surface area contributed by atoms with E-state index < -0.39 is 5.97 Å². The topological polar surface area (TPSA) is 80.5 Å². The third kappa shape index (κ3) is 2.82. The van der Waals surface area contributed by atoms with Gasteiger partial charge in [-0.25, -0.2) is 9.97 Å². The van der Waals surface area contributed by atoms with Crippen LogP contribution in [0.1, 0.15) is 0 Å². The summed E-state index contributed by atoms with van der Waals surface area (Å²) in [5, 5.41) is 8.99. The normalized spacial score (nSPS) is 10.8. The van der Waals surface area contributed by atoms with Crippen LogP contribution in [-0.2, 0) is 16.6 Å². The number of carbonyl (C=O) groups is 1. The molecule has 0 bridgehead atoms. The van der Waals surface area contributed by atoms with E-state index in [9.17, 15) is 4.79 Å². The van der Waals surface area contributed by atoms with E-state index in [1.165, 1.54) is 0 Å². The number of nitrogens with zero attached hydrogens (tertiary/aromatic N) is 4. The average Bonchev–Trinajstić information content (AvgIpc) is 2.76.